The zero-order valence-electron chi connectivity index (χ0n) is 15.5. The number of hydrogen-bond donors (Lipinski definition) is 0. The molecular weight excluding hydrogens is 354 g/mol. The zero-order chi connectivity index (χ0) is 18.1. The number of ether oxygens (including phenoxy) is 1. The largest absolute Gasteiger partial charge is 0.464 e. The van der Waals surface area contributed by atoms with Gasteiger partial charge >= 0.3 is 6.02 Å². The van der Waals surface area contributed by atoms with Crippen LogP contribution in [0, 0.1) is 5.41 Å². The van der Waals surface area contributed by atoms with E-state index >= 15 is 0 Å². The van der Waals surface area contributed by atoms with Crippen LogP contribution in [-0.4, -0.2) is 39.8 Å². The predicted molar refractivity (Wildman–Crippen MR) is 107 cm³/mol. The van der Waals surface area contributed by atoms with Crippen molar-refractivity contribution in [2.75, 3.05) is 19.4 Å². The van der Waals surface area contributed by atoms with Gasteiger partial charge in [0.15, 0.2) is 0 Å². The summed E-state index contributed by atoms with van der Waals surface area (Å²) in [6.07, 6.45) is 8.26. The molecule has 1 saturated carbocycles. The van der Waals surface area contributed by atoms with E-state index < -0.39 is 0 Å². The third-order valence-electron chi connectivity index (χ3n) is 5.01. The molecule has 1 spiro atoms. The molecule has 0 N–H and O–H groups in total. The molecule has 2 fully saturated rings. The predicted octanol–water partition coefficient (Wildman–Crippen LogP) is 4.89. The van der Waals surface area contributed by atoms with Crippen LogP contribution in [0.2, 0.25) is 0 Å². The molecule has 0 unspecified atom stereocenters. The highest BCUT2D eigenvalue weighted by molar-refractivity contribution is 8.22. The second-order valence-electron chi connectivity index (χ2n) is 8.10. The highest BCUT2D eigenvalue weighted by Gasteiger charge is 2.41. The highest BCUT2D eigenvalue weighted by atomic mass is 32.2. The van der Waals surface area contributed by atoms with Gasteiger partial charge < -0.3 is 9.26 Å². The van der Waals surface area contributed by atoms with Gasteiger partial charge in [-0.1, -0.05) is 69.2 Å². The smallest absolute Gasteiger partial charge is 0.301 e. The fourth-order valence-electron chi connectivity index (χ4n) is 3.46. The first-order chi connectivity index (χ1) is 11.8. The molecule has 0 amide bonds. The fourth-order valence-corrected chi connectivity index (χ4v) is 3.97. The Morgan fingerprint density at radius 3 is 2.64 bits per heavy atom. The molecule has 0 atom stereocenters. The van der Waals surface area contributed by atoms with Crippen LogP contribution < -0.4 is 0 Å². The third kappa shape index (κ3) is 4.19. The molecule has 25 heavy (non-hydrogen) atoms. The van der Waals surface area contributed by atoms with Gasteiger partial charge in [0.1, 0.15) is 4.32 Å². The van der Waals surface area contributed by atoms with Gasteiger partial charge in [-0.05, 0) is 19.1 Å². The quantitative estimate of drug-likeness (QED) is 0.646. The van der Waals surface area contributed by atoms with Gasteiger partial charge in [0.2, 0.25) is 0 Å². The lowest BCUT2D eigenvalue weighted by molar-refractivity contribution is 0.0345. The Hall–Kier alpha value is -1.08. The SMILES string of the molecule is CSC(=S)N1CC2(CCCCC2)CO/C1=N\c1cc(C(C)(C)C)no1. The van der Waals surface area contributed by atoms with Crippen LogP contribution in [0.25, 0.3) is 0 Å². The molecule has 3 rings (SSSR count). The number of hydrogen-bond acceptors (Lipinski definition) is 6. The second-order valence-corrected chi connectivity index (χ2v) is 9.54. The number of aliphatic imine (C=N–C) groups is 1. The van der Waals surface area contributed by atoms with E-state index in [1.165, 1.54) is 32.1 Å². The Morgan fingerprint density at radius 2 is 2.04 bits per heavy atom. The lowest BCUT2D eigenvalue weighted by Gasteiger charge is -2.45. The molecule has 1 aromatic rings. The summed E-state index contributed by atoms with van der Waals surface area (Å²) in [4.78, 5) is 6.61. The van der Waals surface area contributed by atoms with E-state index in [0.29, 0.717) is 18.5 Å². The van der Waals surface area contributed by atoms with E-state index in [0.717, 1.165) is 16.6 Å². The minimum Gasteiger partial charge on any atom is -0.464 e. The van der Waals surface area contributed by atoms with Gasteiger partial charge in [0, 0.05) is 23.4 Å². The average molecular weight is 382 g/mol. The average Bonchev–Trinajstić information content (AvgIpc) is 3.06. The minimum atomic E-state index is -0.0736. The summed E-state index contributed by atoms with van der Waals surface area (Å²) < 4.78 is 12.3. The Bertz CT molecular complexity index is 658. The van der Waals surface area contributed by atoms with E-state index in [-0.39, 0.29) is 10.8 Å². The monoisotopic (exact) mass is 381 g/mol. The first-order valence-corrected chi connectivity index (χ1v) is 10.5. The van der Waals surface area contributed by atoms with Crippen molar-refractivity contribution in [3.63, 3.8) is 0 Å². The molecule has 7 heteroatoms. The normalized spacial score (nSPS) is 22.2. The summed E-state index contributed by atoms with van der Waals surface area (Å²) in [7, 11) is 0. The molecule has 1 aliphatic heterocycles. The molecule has 0 bridgehead atoms. The lowest BCUT2D eigenvalue weighted by Crippen LogP contribution is -2.52. The summed E-state index contributed by atoms with van der Waals surface area (Å²) in [5.74, 6) is 0.466. The van der Waals surface area contributed by atoms with E-state index in [9.17, 15) is 0 Å². The number of rotatable bonds is 1. The van der Waals surface area contributed by atoms with E-state index in [4.69, 9.17) is 21.5 Å². The van der Waals surface area contributed by atoms with Crippen LogP contribution in [0.5, 0.6) is 0 Å². The summed E-state index contributed by atoms with van der Waals surface area (Å²) in [6.45, 7) is 7.88. The number of nitrogens with zero attached hydrogens (tertiary/aromatic N) is 3. The summed E-state index contributed by atoms with van der Waals surface area (Å²) >= 11 is 7.12. The molecule has 0 aromatic carbocycles. The molecule has 2 aliphatic rings. The van der Waals surface area contributed by atoms with Crippen molar-refractivity contribution in [3.8, 4) is 0 Å². The molecule has 1 saturated heterocycles. The first-order valence-electron chi connectivity index (χ1n) is 8.87. The van der Waals surface area contributed by atoms with Crippen LogP contribution in [-0.2, 0) is 10.2 Å². The lowest BCUT2D eigenvalue weighted by atomic mass is 9.74. The van der Waals surface area contributed by atoms with E-state index in [2.05, 4.69) is 30.9 Å². The number of thioether (sulfide) groups is 1. The number of aromatic nitrogens is 1. The van der Waals surface area contributed by atoms with Crippen molar-refractivity contribution >= 4 is 40.2 Å². The maximum absolute atomic E-state index is 6.09. The van der Waals surface area contributed by atoms with Gasteiger partial charge in [-0.15, -0.1) is 0 Å². The van der Waals surface area contributed by atoms with Crippen LogP contribution in [0.1, 0.15) is 58.6 Å². The van der Waals surface area contributed by atoms with Gasteiger partial charge in [-0.2, -0.15) is 4.99 Å². The van der Waals surface area contributed by atoms with Gasteiger partial charge in [0.25, 0.3) is 5.88 Å². The fraction of sp³-hybridized carbons (Fsp3) is 0.722. The van der Waals surface area contributed by atoms with Crippen LogP contribution in [0.4, 0.5) is 5.88 Å². The van der Waals surface area contributed by atoms with E-state index in [1.807, 2.05) is 17.2 Å². The Balaban J connectivity index is 1.84. The Morgan fingerprint density at radius 1 is 1.32 bits per heavy atom. The summed E-state index contributed by atoms with van der Waals surface area (Å²) in [5.41, 5.74) is 1.01. The van der Waals surface area contributed by atoms with Crippen LogP contribution in [0.3, 0.4) is 0 Å². The molecule has 1 aliphatic carbocycles. The van der Waals surface area contributed by atoms with Crippen molar-refractivity contribution < 1.29 is 9.26 Å². The van der Waals surface area contributed by atoms with Gasteiger partial charge in [-0.3, -0.25) is 4.90 Å². The van der Waals surface area contributed by atoms with Crippen molar-refractivity contribution in [3.05, 3.63) is 11.8 Å². The molecule has 5 nitrogen and oxygen atoms in total. The number of amidine groups is 1. The number of thiocarbonyl (C=S) groups is 1. The summed E-state index contributed by atoms with van der Waals surface area (Å²) in [5, 5.41) is 4.13. The van der Waals surface area contributed by atoms with Crippen molar-refractivity contribution in [1.29, 1.82) is 0 Å². The third-order valence-corrected chi connectivity index (χ3v) is 6.30. The van der Waals surface area contributed by atoms with Crippen LogP contribution in [0.15, 0.2) is 15.6 Å². The van der Waals surface area contributed by atoms with E-state index in [1.54, 1.807) is 11.8 Å². The summed E-state index contributed by atoms with van der Waals surface area (Å²) in [6, 6.07) is 2.41. The minimum absolute atomic E-state index is 0.0736. The van der Waals surface area contributed by atoms with Gasteiger partial charge in [0.05, 0.1) is 12.3 Å². The Kier molecular flexibility index (Phi) is 5.44. The Labute approximate surface area is 159 Å². The van der Waals surface area contributed by atoms with Crippen molar-refractivity contribution in [2.24, 2.45) is 10.4 Å². The molecule has 1 aromatic heterocycles. The molecule has 138 valence electrons. The standard InChI is InChI=1S/C18H27N3O2S2/c1-17(2,3)13-10-14(23-20-13)19-15-21(16(24)25-4)11-18(12-22-15)8-6-5-7-9-18/h10H,5-9,11-12H2,1-4H3/b19-15-. The van der Waals surface area contributed by atoms with Crippen molar-refractivity contribution in [1.82, 2.24) is 10.1 Å². The maximum atomic E-state index is 6.09. The second kappa shape index (κ2) is 7.27. The maximum Gasteiger partial charge on any atom is 0.301 e. The van der Waals surface area contributed by atoms with Crippen molar-refractivity contribution in [2.45, 2.75) is 58.3 Å². The first kappa shape index (κ1) is 18.7. The zero-order valence-corrected chi connectivity index (χ0v) is 17.1. The van der Waals surface area contributed by atoms with Gasteiger partial charge in [-0.25, -0.2) is 0 Å². The molecule has 2 heterocycles. The topological polar surface area (TPSA) is 50.9 Å². The van der Waals surface area contributed by atoms with Crippen LogP contribution >= 0.6 is 24.0 Å². The molecule has 0 radical (unpaired) electrons. The highest BCUT2D eigenvalue weighted by Crippen LogP contribution is 2.40. The molecular formula is C18H27N3O2S2.